The van der Waals surface area contributed by atoms with Crippen LogP contribution in [0, 0.1) is 0 Å². The lowest BCUT2D eigenvalue weighted by Gasteiger charge is -2.27. The van der Waals surface area contributed by atoms with Gasteiger partial charge >= 0.3 is 0 Å². The van der Waals surface area contributed by atoms with E-state index in [-0.39, 0.29) is 0 Å². The summed E-state index contributed by atoms with van der Waals surface area (Å²) in [6.45, 7) is 4.93. The molecule has 0 atom stereocenters. The highest BCUT2D eigenvalue weighted by Crippen LogP contribution is 2.31. The van der Waals surface area contributed by atoms with Gasteiger partial charge in [0.05, 0.1) is 6.54 Å². The molecule has 0 amide bonds. The Kier molecular flexibility index (Phi) is 8.50. The van der Waals surface area contributed by atoms with Crippen molar-refractivity contribution < 1.29 is 9.47 Å². The molecule has 3 aromatic heterocycles. The van der Waals surface area contributed by atoms with Crippen molar-refractivity contribution in [3.05, 3.63) is 59.8 Å². The van der Waals surface area contributed by atoms with E-state index in [1.807, 2.05) is 16.8 Å². The average molecular weight is 491 g/mol. The number of hydrogen-bond acceptors (Lipinski definition) is 8. The van der Waals surface area contributed by atoms with Gasteiger partial charge in [0.15, 0.2) is 0 Å². The smallest absolute Gasteiger partial charge is 0.231 e. The fraction of sp³-hybridized carbons (Fsp3) is 0.462. The van der Waals surface area contributed by atoms with Crippen LogP contribution in [0.4, 0.5) is 0 Å². The van der Waals surface area contributed by atoms with Gasteiger partial charge in [0.2, 0.25) is 17.4 Å². The molecule has 0 saturated heterocycles. The second-order valence-corrected chi connectivity index (χ2v) is 8.71. The molecule has 4 aromatic rings. The number of ether oxygens (including phenoxy) is 2. The van der Waals surface area contributed by atoms with Crippen molar-refractivity contribution in [1.29, 1.82) is 0 Å². The molecule has 0 fully saturated rings. The Morgan fingerprint density at radius 2 is 1.78 bits per heavy atom. The Labute approximate surface area is 211 Å². The van der Waals surface area contributed by atoms with Gasteiger partial charge in [-0.05, 0) is 35.2 Å². The first-order chi connectivity index (χ1) is 17.6. The number of H-pyrrole nitrogens is 1. The number of aryl methyl sites for hydroxylation is 1. The first kappa shape index (κ1) is 25.6. The molecule has 1 N–H and O–H groups in total. The van der Waals surface area contributed by atoms with Gasteiger partial charge in [0, 0.05) is 38.8 Å². The summed E-state index contributed by atoms with van der Waals surface area (Å²) in [6, 6.07) is 12.3. The number of rotatable bonds is 13. The first-order valence-electron chi connectivity index (χ1n) is 12.5. The minimum Gasteiger partial charge on any atom is -0.347 e. The van der Waals surface area contributed by atoms with E-state index in [4.69, 9.17) is 19.6 Å². The third-order valence-corrected chi connectivity index (χ3v) is 6.32. The van der Waals surface area contributed by atoms with Gasteiger partial charge in [-0.3, -0.25) is 4.98 Å². The number of pyridine rings is 1. The lowest BCUT2D eigenvalue weighted by atomic mass is 10.0. The largest absolute Gasteiger partial charge is 0.347 e. The van der Waals surface area contributed by atoms with E-state index in [0.717, 1.165) is 54.6 Å². The van der Waals surface area contributed by atoms with Crippen LogP contribution < -0.4 is 0 Å². The maximum atomic E-state index is 5.82. The Hall–Kier alpha value is -3.50. The molecule has 10 heteroatoms. The summed E-state index contributed by atoms with van der Waals surface area (Å²) in [5.74, 6) is 1.06. The molecule has 1 aromatic carbocycles. The van der Waals surface area contributed by atoms with Crippen molar-refractivity contribution in [1.82, 2.24) is 40.4 Å². The molecule has 10 nitrogen and oxygen atoms in total. The number of tetrazole rings is 1. The van der Waals surface area contributed by atoms with Gasteiger partial charge in [-0.2, -0.15) is 5.21 Å². The fourth-order valence-electron chi connectivity index (χ4n) is 4.21. The van der Waals surface area contributed by atoms with Crippen LogP contribution in [0.3, 0.4) is 0 Å². The Morgan fingerprint density at radius 3 is 2.44 bits per heavy atom. The van der Waals surface area contributed by atoms with Gasteiger partial charge in [0.1, 0.15) is 11.5 Å². The lowest BCUT2D eigenvalue weighted by Crippen LogP contribution is -2.32. The van der Waals surface area contributed by atoms with E-state index in [1.54, 1.807) is 20.4 Å². The van der Waals surface area contributed by atoms with Crippen LogP contribution >= 0.6 is 0 Å². The second-order valence-electron chi connectivity index (χ2n) is 8.71. The van der Waals surface area contributed by atoms with E-state index < -0.39 is 5.79 Å². The molecule has 0 saturated carbocycles. The molecular formula is C26H34N8O2. The summed E-state index contributed by atoms with van der Waals surface area (Å²) in [6.07, 6.45) is 7.40. The van der Waals surface area contributed by atoms with Crippen molar-refractivity contribution >= 4 is 0 Å². The summed E-state index contributed by atoms with van der Waals surface area (Å²) < 4.78 is 13.6. The molecule has 0 aliphatic carbocycles. The highest BCUT2D eigenvalue weighted by atomic mass is 16.7. The van der Waals surface area contributed by atoms with Gasteiger partial charge in [0.25, 0.3) is 0 Å². The molecular weight excluding hydrogens is 456 g/mol. The SMILES string of the molecule is CCCCc1nc(C(CCCC)(OC)OC)nn1Cc1ccc(-c2cccnc2-c2nn[nH]n2)cc1. The molecule has 190 valence electrons. The Morgan fingerprint density at radius 1 is 1.00 bits per heavy atom. The van der Waals surface area contributed by atoms with Crippen molar-refractivity contribution in [2.45, 2.75) is 64.7 Å². The number of aromatic amines is 1. The third-order valence-electron chi connectivity index (χ3n) is 6.32. The number of nitrogens with zero attached hydrogens (tertiary/aromatic N) is 7. The summed E-state index contributed by atoms with van der Waals surface area (Å²) in [7, 11) is 3.32. The highest BCUT2D eigenvalue weighted by Gasteiger charge is 2.37. The number of methoxy groups -OCH3 is 2. The number of hydrogen-bond donors (Lipinski definition) is 1. The fourth-order valence-corrected chi connectivity index (χ4v) is 4.21. The second kappa shape index (κ2) is 12.0. The highest BCUT2D eigenvalue weighted by molar-refractivity contribution is 5.77. The number of unbranched alkanes of at least 4 members (excludes halogenated alkanes) is 2. The zero-order chi connectivity index (χ0) is 25.4. The van der Waals surface area contributed by atoms with E-state index in [9.17, 15) is 0 Å². The van der Waals surface area contributed by atoms with Gasteiger partial charge in [-0.15, -0.1) is 15.3 Å². The summed E-state index contributed by atoms with van der Waals surface area (Å²) in [5.41, 5.74) is 3.77. The molecule has 0 aliphatic rings. The number of aromatic nitrogens is 8. The van der Waals surface area contributed by atoms with Gasteiger partial charge in [-0.1, -0.05) is 57.0 Å². The Balaban J connectivity index is 1.61. The van der Waals surface area contributed by atoms with Gasteiger partial charge < -0.3 is 9.47 Å². The van der Waals surface area contributed by atoms with Crippen LogP contribution in [0.2, 0.25) is 0 Å². The lowest BCUT2D eigenvalue weighted by molar-refractivity contribution is -0.226. The zero-order valence-electron chi connectivity index (χ0n) is 21.4. The molecule has 36 heavy (non-hydrogen) atoms. The topological polar surface area (TPSA) is 117 Å². The standard InChI is InChI=1S/C26H34N8O2/c1-5-7-11-22-28-25(26(35-3,36-4)16-8-6-2)31-34(22)18-19-12-14-20(15-13-19)21-10-9-17-27-23(21)24-29-32-33-30-24/h9-10,12-15,17H,5-8,11,16,18H2,1-4H3,(H,29,30,32,33). The van der Waals surface area contributed by atoms with Crippen LogP contribution in [-0.4, -0.2) is 54.6 Å². The molecule has 0 radical (unpaired) electrons. The predicted molar refractivity (Wildman–Crippen MR) is 136 cm³/mol. The van der Waals surface area contributed by atoms with E-state index in [2.05, 4.69) is 63.7 Å². The maximum absolute atomic E-state index is 5.82. The summed E-state index contributed by atoms with van der Waals surface area (Å²) in [4.78, 5) is 9.35. The molecule has 0 bridgehead atoms. The van der Waals surface area contributed by atoms with Crippen LogP contribution in [0.15, 0.2) is 42.6 Å². The molecule has 0 unspecified atom stereocenters. The number of benzene rings is 1. The third kappa shape index (κ3) is 5.50. The maximum Gasteiger partial charge on any atom is 0.231 e. The summed E-state index contributed by atoms with van der Waals surface area (Å²) >= 11 is 0. The minimum absolute atomic E-state index is 0.466. The van der Waals surface area contributed by atoms with Crippen molar-refractivity contribution in [2.75, 3.05) is 14.2 Å². The Bertz CT molecular complexity index is 1220. The normalized spacial score (nSPS) is 11.8. The average Bonchev–Trinajstić information content (AvgIpc) is 3.60. The molecule has 4 rings (SSSR count). The first-order valence-corrected chi connectivity index (χ1v) is 12.5. The van der Waals surface area contributed by atoms with Crippen LogP contribution in [0.1, 0.15) is 63.2 Å². The van der Waals surface area contributed by atoms with Crippen LogP contribution in [0.25, 0.3) is 22.6 Å². The van der Waals surface area contributed by atoms with Crippen LogP contribution in [-0.2, 0) is 28.2 Å². The quantitative estimate of drug-likeness (QED) is 0.271. The van der Waals surface area contributed by atoms with Crippen molar-refractivity contribution in [3.8, 4) is 22.6 Å². The van der Waals surface area contributed by atoms with Crippen molar-refractivity contribution in [3.63, 3.8) is 0 Å². The molecule has 3 heterocycles. The van der Waals surface area contributed by atoms with Crippen molar-refractivity contribution in [2.24, 2.45) is 0 Å². The number of nitrogens with one attached hydrogen (secondary N) is 1. The predicted octanol–water partition coefficient (Wildman–Crippen LogP) is 4.55. The van der Waals surface area contributed by atoms with Crippen LogP contribution in [0.5, 0.6) is 0 Å². The van der Waals surface area contributed by atoms with E-state index >= 15 is 0 Å². The summed E-state index contributed by atoms with van der Waals surface area (Å²) in [5, 5.41) is 19.2. The van der Waals surface area contributed by atoms with E-state index in [1.165, 1.54) is 0 Å². The minimum atomic E-state index is -0.933. The van der Waals surface area contributed by atoms with Gasteiger partial charge in [-0.25, -0.2) is 9.67 Å². The van der Waals surface area contributed by atoms with E-state index in [0.29, 0.717) is 30.3 Å². The monoisotopic (exact) mass is 490 g/mol. The molecule has 0 spiro atoms. The molecule has 0 aliphatic heterocycles. The zero-order valence-corrected chi connectivity index (χ0v) is 21.4.